The van der Waals surface area contributed by atoms with Crippen LogP contribution in [-0.2, 0) is 14.8 Å². The molecule has 1 aliphatic heterocycles. The van der Waals surface area contributed by atoms with Gasteiger partial charge in [0.2, 0.25) is 15.9 Å². The van der Waals surface area contributed by atoms with Gasteiger partial charge in [0.15, 0.2) is 11.0 Å². The Hall–Kier alpha value is -3.67. The van der Waals surface area contributed by atoms with Crippen LogP contribution in [0, 0.1) is 20.8 Å². The number of para-hydroxylation sites is 1. The first-order valence-electron chi connectivity index (χ1n) is 14.8. The standard InChI is InChI=1S/C33H39N5O4S2/c1-23-19-24(2)31(25(3)20-23)44(40,41)37-17-16-36(22-26(37)4)30(39)15-10-18-43-33-35-34-32(27-11-9-14-29(21-27)42-5)38(33)28-12-7-6-8-13-28/h6-9,11-14,19-21,26H,10,15-18,22H2,1-5H3. The molecule has 0 saturated carbocycles. The molecule has 9 nitrogen and oxygen atoms in total. The number of hydrogen-bond donors (Lipinski definition) is 0. The van der Waals surface area contributed by atoms with Gasteiger partial charge in [-0.3, -0.25) is 9.36 Å². The topological polar surface area (TPSA) is 97.6 Å². The molecule has 2 heterocycles. The minimum Gasteiger partial charge on any atom is -0.497 e. The van der Waals surface area contributed by atoms with E-state index in [-0.39, 0.29) is 18.5 Å². The van der Waals surface area contributed by atoms with E-state index >= 15 is 0 Å². The third-order valence-corrected chi connectivity index (χ3v) is 11.2. The van der Waals surface area contributed by atoms with E-state index in [1.54, 1.807) is 28.1 Å². The molecule has 11 heteroatoms. The van der Waals surface area contributed by atoms with Gasteiger partial charge in [-0.05, 0) is 69.5 Å². The Bertz CT molecular complexity index is 1720. The summed E-state index contributed by atoms with van der Waals surface area (Å²) in [6.45, 7) is 8.57. The summed E-state index contributed by atoms with van der Waals surface area (Å²) in [5, 5.41) is 9.74. The van der Waals surface area contributed by atoms with Crippen molar-refractivity contribution < 1.29 is 17.9 Å². The Morgan fingerprint density at radius 2 is 1.70 bits per heavy atom. The summed E-state index contributed by atoms with van der Waals surface area (Å²) in [5.41, 5.74) is 4.39. The van der Waals surface area contributed by atoms with Crippen molar-refractivity contribution in [2.45, 2.75) is 56.6 Å². The van der Waals surface area contributed by atoms with Crippen LogP contribution < -0.4 is 4.74 Å². The van der Waals surface area contributed by atoms with Crippen LogP contribution in [0.3, 0.4) is 0 Å². The van der Waals surface area contributed by atoms with Crippen LogP contribution in [0.4, 0.5) is 0 Å². The molecule has 5 rings (SSSR count). The number of thioether (sulfide) groups is 1. The highest BCUT2D eigenvalue weighted by Crippen LogP contribution is 2.31. The summed E-state index contributed by atoms with van der Waals surface area (Å²) in [7, 11) is -2.03. The Morgan fingerprint density at radius 3 is 2.39 bits per heavy atom. The summed E-state index contributed by atoms with van der Waals surface area (Å²) in [4.78, 5) is 15.3. The van der Waals surface area contributed by atoms with Crippen LogP contribution >= 0.6 is 11.8 Å². The van der Waals surface area contributed by atoms with Crippen LogP contribution in [0.25, 0.3) is 17.1 Å². The molecule has 0 aliphatic carbocycles. The second-order valence-corrected chi connectivity index (χ2v) is 14.1. The monoisotopic (exact) mass is 633 g/mol. The van der Waals surface area contributed by atoms with Crippen LogP contribution in [0.1, 0.15) is 36.5 Å². The van der Waals surface area contributed by atoms with Crippen LogP contribution in [0.2, 0.25) is 0 Å². The molecule has 232 valence electrons. The van der Waals surface area contributed by atoms with Crippen molar-refractivity contribution in [3.63, 3.8) is 0 Å². The lowest BCUT2D eigenvalue weighted by molar-refractivity contribution is -0.133. The van der Waals surface area contributed by atoms with Gasteiger partial charge in [-0.25, -0.2) is 8.42 Å². The van der Waals surface area contributed by atoms with E-state index in [1.165, 1.54) is 0 Å². The number of carbonyl (C=O) groups is 1. The maximum Gasteiger partial charge on any atom is 0.243 e. The van der Waals surface area contributed by atoms with Crippen molar-refractivity contribution >= 4 is 27.7 Å². The molecule has 1 amide bonds. The molecule has 1 fully saturated rings. The lowest BCUT2D eigenvalue weighted by atomic mass is 10.1. The highest BCUT2D eigenvalue weighted by molar-refractivity contribution is 7.99. The summed E-state index contributed by atoms with van der Waals surface area (Å²) >= 11 is 1.56. The third kappa shape index (κ3) is 6.69. The maximum absolute atomic E-state index is 13.6. The molecule has 0 radical (unpaired) electrons. The van der Waals surface area contributed by atoms with Gasteiger partial charge in [0.25, 0.3) is 0 Å². The molecule has 1 atom stereocenters. The lowest BCUT2D eigenvalue weighted by Crippen LogP contribution is -2.55. The molecule has 44 heavy (non-hydrogen) atoms. The highest BCUT2D eigenvalue weighted by Gasteiger charge is 2.36. The average molecular weight is 634 g/mol. The zero-order chi connectivity index (χ0) is 31.4. The van der Waals surface area contributed by atoms with Crippen molar-refractivity contribution in [2.24, 2.45) is 0 Å². The zero-order valence-corrected chi connectivity index (χ0v) is 27.5. The fourth-order valence-corrected chi connectivity index (χ4v) is 8.80. The smallest absolute Gasteiger partial charge is 0.243 e. The summed E-state index contributed by atoms with van der Waals surface area (Å²) in [6, 6.07) is 21.2. The molecule has 0 N–H and O–H groups in total. The van der Waals surface area contributed by atoms with Crippen LogP contribution in [0.5, 0.6) is 5.75 Å². The predicted octanol–water partition coefficient (Wildman–Crippen LogP) is 5.66. The molecule has 1 aromatic heterocycles. The number of aromatic nitrogens is 3. The fraction of sp³-hybridized carbons (Fsp3) is 0.364. The minimum absolute atomic E-state index is 0.0405. The van der Waals surface area contributed by atoms with Gasteiger partial charge in [-0.1, -0.05) is 59.8 Å². The third-order valence-electron chi connectivity index (χ3n) is 7.83. The van der Waals surface area contributed by atoms with E-state index in [1.807, 2.05) is 99.0 Å². The maximum atomic E-state index is 13.6. The number of methoxy groups -OCH3 is 1. The number of benzene rings is 3. The SMILES string of the molecule is COc1cccc(-c2nnc(SCCCC(=O)N3CCN(S(=O)(=O)c4c(C)cc(C)cc4C)C(C)C3)n2-c2ccccc2)c1. The largest absolute Gasteiger partial charge is 0.497 e. The molecule has 0 bridgehead atoms. The molecule has 1 aliphatic rings. The molecule has 1 saturated heterocycles. The molecule has 1 unspecified atom stereocenters. The van der Waals surface area contributed by atoms with Gasteiger partial charge in [0.1, 0.15) is 5.75 Å². The van der Waals surface area contributed by atoms with E-state index in [4.69, 9.17) is 4.74 Å². The number of hydrogen-bond acceptors (Lipinski definition) is 7. The number of rotatable bonds is 10. The first-order chi connectivity index (χ1) is 21.1. The van der Waals surface area contributed by atoms with Crippen LogP contribution in [-0.4, -0.2) is 76.8 Å². The van der Waals surface area contributed by atoms with Crippen molar-refractivity contribution in [1.82, 2.24) is 24.0 Å². The van der Waals surface area contributed by atoms with Gasteiger partial charge >= 0.3 is 0 Å². The molecule has 3 aromatic carbocycles. The first-order valence-corrected chi connectivity index (χ1v) is 17.2. The van der Waals surface area contributed by atoms with E-state index in [2.05, 4.69) is 10.2 Å². The summed E-state index contributed by atoms with van der Waals surface area (Å²) in [5.74, 6) is 2.18. The fourth-order valence-electron chi connectivity index (χ4n) is 5.88. The van der Waals surface area contributed by atoms with E-state index < -0.39 is 10.0 Å². The number of carbonyl (C=O) groups excluding carboxylic acids is 1. The first kappa shape index (κ1) is 31.7. The van der Waals surface area contributed by atoms with E-state index in [0.29, 0.717) is 42.4 Å². The van der Waals surface area contributed by atoms with Crippen molar-refractivity contribution in [3.05, 3.63) is 83.4 Å². The predicted molar refractivity (Wildman–Crippen MR) is 174 cm³/mol. The van der Waals surface area contributed by atoms with Gasteiger partial charge < -0.3 is 9.64 Å². The molecule has 0 spiro atoms. The Labute approximate surface area is 264 Å². The van der Waals surface area contributed by atoms with Gasteiger partial charge in [-0.15, -0.1) is 10.2 Å². The second-order valence-electron chi connectivity index (χ2n) is 11.2. The Balaban J connectivity index is 1.21. The number of aryl methyl sites for hydroxylation is 3. The van der Waals surface area contributed by atoms with Gasteiger partial charge in [0.05, 0.1) is 12.0 Å². The summed E-state index contributed by atoms with van der Waals surface area (Å²) < 4.78 is 36.2. The molecular weight excluding hydrogens is 595 g/mol. The highest BCUT2D eigenvalue weighted by atomic mass is 32.2. The number of nitrogens with zero attached hydrogens (tertiary/aromatic N) is 5. The second kappa shape index (κ2) is 13.5. The molecule has 4 aromatic rings. The van der Waals surface area contributed by atoms with Gasteiger partial charge in [0, 0.05) is 49.1 Å². The summed E-state index contributed by atoms with van der Waals surface area (Å²) in [6.07, 6.45) is 1.04. The minimum atomic E-state index is -3.67. The number of amides is 1. The normalized spacial score (nSPS) is 15.8. The average Bonchev–Trinajstić information content (AvgIpc) is 3.42. The van der Waals surface area contributed by atoms with E-state index in [0.717, 1.165) is 38.8 Å². The van der Waals surface area contributed by atoms with E-state index in [9.17, 15) is 13.2 Å². The van der Waals surface area contributed by atoms with Gasteiger partial charge in [-0.2, -0.15) is 4.31 Å². The number of piperazine rings is 1. The lowest BCUT2D eigenvalue weighted by Gasteiger charge is -2.39. The molecular formula is C33H39N5O4S2. The Kier molecular flexibility index (Phi) is 9.77. The zero-order valence-electron chi connectivity index (χ0n) is 25.9. The van der Waals surface area contributed by atoms with Crippen LogP contribution in [0.15, 0.2) is 76.8 Å². The Morgan fingerprint density at radius 1 is 0.977 bits per heavy atom. The number of sulfonamides is 1. The van der Waals surface area contributed by atoms with Crippen molar-refractivity contribution in [2.75, 3.05) is 32.5 Å². The quantitative estimate of drug-likeness (QED) is 0.164. The van der Waals surface area contributed by atoms with Crippen molar-refractivity contribution in [3.8, 4) is 22.8 Å². The number of ether oxygens (including phenoxy) is 1. The van der Waals surface area contributed by atoms with Crippen molar-refractivity contribution in [1.29, 1.82) is 0 Å².